The molecular weight excluding hydrogens is 282 g/mol. The molecule has 1 amide bonds. The van der Waals surface area contributed by atoms with Gasteiger partial charge in [0.1, 0.15) is 5.60 Å². The lowest BCUT2D eigenvalue weighted by Gasteiger charge is -2.24. The second-order valence-electron chi connectivity index (χ2n) is 6.51. The van der Waals surface area contributed by atoms with Gasteiger partial charge in [-0.3, -0.25) is 0 Å². The van der Waals surface area contributed by atoms with Crippen molar-refractivity contribution in [2.75, 3.05) is 32.0 Å². The van der Waals surface area contributed by atoms with Gasteiger partial charge in [0.05, 0.1) is 5.69 Å². The van der Waals surface area contributed by atoms with Gasteiger partial charge in [-0.1, -0.05) is 0 Å². The van der Waals surface area contributed by atoms with Crippen LogP contribution in [0.1, 0.15) is 32.0 Å². The van der Waals surface area contributed by atoms with Crippen LogP contribution in [-0.4, -0.2) is 53.2 Å². The smallest absolute Gasteiger partial charge is 0.407 e. The molecule has 0 aliphatic carbocycles. The topological polar surface area (TPSA) is 79.4 Å². The van der Waals surface area contributed by atoms with Gasteiger partial charge in [0, 0.05) is 44.4 Å². The number of nitrogens with one attached hydrogen (secondary N) is 2. The van der Waals surface area contributed by atoms with E-state index in [1.807, 2.05) is 27.0 Å². The fraction of sp³-hybridized carbons (Fsp3) is 0.667. The summed E-state index contributed by atoms with van der Waals surface area (Å²) < 4.78 is 5.16. The maximum absolute atomic E-state index is 11.5. The fourth-order valence-corrected chi connectivity index (χ4v) is 2.20. The van der Waals surface area contributed by atoms with Crippen molar-refractivity contribution in [2.45, 2.75) is 39.3 Å². The van der Waals surface area contributed by atoms with Crippen LogP contribution in [0.5, 0.6) is 0 Å². The highest BCUT2D eigenvalue weighted by Gasteiger charge is 2.16. The Morgan fingerprint density at radius 2 is 2.18 bits per heavy atom. The van der Waals surface area contributed by atoms with Gasteiger partial charge >= 0.3 is 6.09 Å². The van der Waals surface area contributed by atoms with Crippen LogP contribution in [0, 0.1) is 0 Å². The number of aromatic nitrogens is 2. The molecule has 0 radical (unpaired) electrons. The van der Waals surface area contributed by atoms with E-state index in [0.717, 1.165) is 25.2 Å². The number of likely N-dealkylation sites (N-methyl/N-ethyl adjacent to an activating group) is 1. The Labute approximate surface area is 131 Å². The first-order chi connectivity index (χ1) is 10.3. The second kappa shape index (κ2) is 6.91. The zero-order valence-electron chi connectivity index (χ0n) is 13.8. The average Bonchev–Trinajstić information content (AvgIpc) is 2.41. The molecule has 122 valence electrons. The van der Waals surface area contributed by atoms with E-state index in [0.29, 0.717) is 19.0 Å². The first-order valence-corrected chi connectivity index (χ1v) is 7.57. The third kappa shape index (κ3) is 5.14. The van der Waals surface area contributed by atoms with Crippen LogP contribution in [0.4, 0.5) is 10.7 Å². The Morgan fingerprint density at radius 3 is 2.91 bits per heavy atom. The summed E-state index contributed by atoms with van der Waals surface area (Å²) in [6, 6.07) is 0. The van der Waals surface area contributed by atoms with Crippen molar-refractivity contribution >= 4 is 12.0 Å². The molecular formula is C15H25N5O2. The predicted molar refractivity (Wildman–Crippen MR) is 84.8 cm³/mol. The molecule has 22 heavy (non-hydrogen) atoms. The van der Waals surface area contributed by atoms with Crippen LogP contribution in [0.3, 0.4) is 0 Å². The summed E-state index contributed by atoms with van der Waals surface area (Å²) in [4.78, 5) is 22.6. The van der Waals surface area contributed by atoms with Crippen LogP contribution in [0.25, 0.3) is 0 Å². The van der Waals surface area contributed by atoms with Crippen molar-refractivity contribution in [3.05, 3.63) is 17.5 Å². The summed E-state index contributed by atoms with van der Waals surface area (Å²) in [5.74, 6) is 0.606. The Morgan fingerprint density at radius 1 is 1.41 bits per heavy atom. The highest BCUT2D eigenvalue weighted by molar-refractivity contribution is 5.67. The summed E-state index contributed by atoms with van der Waals surface area (Å²) in [5.41, 5.74) is 1.81. The largest absolute Gasteiger partial charge is 0.444 e. The second-order valence-corrected chi connectivity index (χ2v) is 6.51. The summed E-state index contributed by atoms with van der Waals surface area (Å²) in [5, 5.41) is 5.81. The van der Waals surface area contributed by atoms with E-state index in [4.69, 9.17) is 4.74 Å². The number of carbonyl (C=O) groups is 1. The summed E-state index contributed by atoms with van der Waals surface area (Å²) >= 11 is 0. The van der Waals surface area contributed by atoms with Crippen molar-refractivity contribution in [3.8, 4) is 0 Å². The van der Waals surface area contributed by atoms with E-state index in [9.17, 15) is 4.79 Å². The first kappa shape index (κ1) is 16.5. The molecule has 0 fully saturated rings. The number of ether oxygens (including phenoxy) is 1. The minimum absolute atomic E-state index is 0.413. The van der Waals surface area contributed by atoms with Crippen molar-refractivity contribution in [2.24, 2.45) is 0 Å². The van der Waals surface area contributed by atoms with E-state index in [1.165, 1.54) is 5.56 Å². The molecule has 0 saturated heterocycles. The molecule has 0 atom stereocenters. The monoisotopic (exact) mass is 307 g/mol. The third-order valence-corrected chi connectivity index (χ3v) is 3.20. The predicted octanol–water partition coefficient (Wildman–Crippen LogP) is 1.40. The number of carbonyl (C=O) groups excluding carboxylic acids is 1. The maximum Gasteiger partial charge on any atom is 0.407 e. The number of nitrogens with zero attached hydrogens (tertiary/aromatic N) is 3. The number of fused-ring (bicyclic) bond motifs is 1. The fourth-order valence-electron chi connectivity index (χ4n) is 2.20. The highest BCUT2D eigenvalue weighted by atomic mass is 16.6. The van der Waals surface area contributed by atoms with Crippen LogP contribution in [0.2, 0.25) is 0 Å². The average molecular weight is 307 g/mol. The quantitative estimate of drug-likeness (QED) is 0.819. The van der Waals surface area contributed by atoms with Crippen LogP contribution in [-0.2, 0) is 17.7 Å². The molecule has 2 rings (SSSR count). The number of hydrogen-bond acceptors (Lipinski definition) is 6. The van der Waals surface area contributed by atoms with Gasteiger partial charge < -0.3 is 20.3 Å². The number of anilines is 1. The standard InChI is InChI=1S/C15H25N5O2/c1-15(2,3)22-14(21)17-7-6-16-13-18-9-11-10-20(4)8-5-12(11)19-13/h9H,5-8,10H2,1-4H3,(H,17,21)(H,16,18,19). The van der Waals surface area contributed by atoms with Gasteiger partial charge in [0.25, 0.3) is 0 Å². The molecule has 0 saturated carbocycles. The zero-order chi connectivity index (χ0) is 16.2. The van der Waals surface area contributed by atoms with Gasteiger partial charge in [-0.25, -0.2) is 14.8 Å². The van der Waals surface area contributed by atoms with Crippen molar-refractivity contribution in [1.29, 1.82) is 0 Å². The third-order valence-electron chi connectivity index (χ3n) is 3.20. The highest BCUT2D eigenvalue weighted by Crippen LogP contribution is 2.16. The van der Waals surface area contributed by atoms with E-state index in [2.05, 4.69) is 32.5 Å². The number of hydrogen-bond donors (Lipinski definition) is 2. The maximum atomic E-state index is 11.5. The molecule has 1 aliphatic rings. The lowest BCUT2D eigenvalue weighted by Crippen LogP contribution is -2.35. The van der Waals surface area contributed by atoms with Crippen molar-refractivity contribution < 1.29 is 9.53 Å². The summed E-state index contributed by atoms with van der Waals surface area (Å²) in [6.07, 6.45) is 2.41. The molecule has 0 aromatic carbocycles. The van der Waals surface area contributed by atoms with E-state index in [1.54, 1.807) is 0 Å². The summed E-state index contributed by atoms with van der Waals surface area (Å²) in [7, 11) is 2.09. The molecule has 0 unspecified atom stereocenters. The van der Waals surface area contributed by atoms with E-state index in [-0.39, 0.29) is 0 Å². The van der Waals surface area contributed by atoms with Crippen LogP contribution in [0.15, 0.2) is 6.20 Å². The van der Waals surface area contributed by atoms with E-state index >= 15 is 0 Å². The Kier molecular flexibility index (Phi) is 5.18. The summed E-state index contributed by atoms with van der Waals surface area (Å²) in [6.45, 7) is 8.44. The van der Waals surface area contributed by atoms with E-state index < -0.39 is 11.7 Å². The van der Waals surface area contributed by atoms with Crippen LogP contribution < -0.4 is 10.6 Å². The van der Waals surface area contributed by atoms with Crippen LogP contribution >= 0.6 is 0 Å². The van der Waals surface area contributed by atoms with Crippen molar-refractivity contribution in [1.82, 2.24) is 20.2 Å². The molecule has 7 heteroatoms. The minimum atomic E-state index is -0.480. The normalized spacial score (nSPS) is 15.1. The Hall–Kier alpha value is -1.89. The molecule has 7 nitrogen and oxygen atoms in total. The van der Waals surface area contributed by atoms with Gasteiger partial charge in [0.15, 0.2) is 0 Å². The number of rotatable bonds is 4. The molecule has 1 aromatic heterocycles. The lowest BCUT2D eigenvalue weighted by atomic mass is 10.1. The molecule has 2 N–H and O–H groups in total. The van der Waals surface area contributed by atoms with Gasteiger partial charge in [-0.05, 0) is 27.8 Å². The molecule has 2 heterocycles. The number of alkyl carbamates (subject to hydrolysis) is 1. The number of amides is 1. The Balaban J connectivity index is 1.75. The first-order valence-electron chi connectivity index (χ1n) is 7.57. The molecule has 1 aliphatic heterocycles. The van der Waals surface area contributed by atoms with Gasteiger partial charge in [-0.2, -0.15) is 0 Å². The zero-order valence-corrected chi connectivity index (χ0v) is 13.8. The van der Waals surface area contributed by atoms with Gasteiger partial charge in [0.2, 0.25) is 5.95 Å². The lowest BCUT2D eigenvalue weighted by molar-refractivity contribution is 0.0530. The van der Waals surface area contributed by atoms with Gasteiger partial charge in [-0.15, -0.1) is 0 Å². The minimum Gasteiger partial charge on any atom is -0.444 e. The SMILES string of the molecule is CN1CCc2nc(NCCNC(=O)OC(C)(C)C)ncc2C1. The van der Waals surface area contributed by atoms with Crippen molar-refractivity contribution in [3.63, 3.8) is 0 Å². The molecule has 0 spiro atoms. The molecule has 1 aromatic rings. The Bertz CT molecular complexity index is 527. The molecule has 0 bridgehead atoms.